The number of nitrogen functional groups attached to an aromatic ring is 1. The maximum absolute atomic E-state index is 5.94. The van der Waals surface area contributed by atoms with Crippen LogP contribution in [-0.4, -0.2) is 14.2 Å². The van der Waals surface area contributed by atoms with Gasteiger partial charge in [0.05, 0.1) is 31.3 Å². The molecular weight excluding hydrogens is 308 g/mol. The molecule has 0 saturated carbocycles. The van der Waals surface area contributed by atoms with E-state index < -0.39 is 0 Å². The van der Waals surface area contributed by atoms with Gasteiger partial charge >= 0.3 is 0 Å². The summed E-state index contributed by atoms with van der Waals surface area (Å²) in [7, 11) is 3.25. The number of methoxy groups -OCH3 is 2. The average molecular weight is 323 g/mol. The number of hydrogen-bond acceptors (Lipinski definition) is 4. The fourth-order valence-electron chi connectivity index (χ4n) is 1.69. The monoisotopic (exact) mass is 322 g/mol. The lowest BCUT2D eigenvalue weighted by atomic mass is 10.2. The van der Waals surface area contributed by atoms with E-state index in [1.54, 1.807) is 14.2 Å². The number of rotatable bonds is 4. The van der Waals surface area contributed by atoms with Crippen molar-refractivity contribution in [2.24, 2.45) is 0 Å². The minimum Gasteiger partial charge on any atom is -0.497 e. The summed E-state index contributed by atoms with van der Waals surface area (Å²) >= 11 is 3.42. The zero-order chi connectivity index (χ0) is 13.8. The zero-order valence-corrected chi connectivity index (χ0v) is 12.3. The number of anilines is 3. The number of nitrogens with one attached hydrogen (secondary N) is 1. The molecule has 0 aliphatic rings. The van der Waals surface area contributed by atoms with Gasteiger partial charge in [0, 0.05) is 10.5 Å². The van der Waals surface area contributed by atoms with Crippen molar-refractivity contribution in [2.75, 3.05) is 25.3 Å². The fourth-order valence-corrected chi connectivity index (χ4v) is 2.05. The van der Waals surface area contributed by atoms with Crippen molar-refractivity contribution in [1.29, 1.82) is 0 Å². The first kappa shape index (κ1) is 13.5. The molecule has 0 heterocycles. The minimum absolute atomic E-state index is 0.660. The predicted octanol–water partition coefficient (Wildman–Crippen LogP) is 3.79. The van der Waals surface area contributed by atoms with Gasteiger partial charge in [-0.05, 0) is 30.3 Å². The van der Waals surface area contributed by atoms with Gasteiger partial charge in [-0.25, -0.2) is 0 Å². The topological polar surface area (TPSA) is 56.5 Å². The Kier molecular flexibility index (Phi) is 4.16. The van der Waals surface area contributed by atoms with Gasteiger partial charge in [0.15, 0.2) is 0 Å². The summed E-state index contributed by atoms with van der Waals surface area (Å²) in [6.07, 6.45) is 0. The Hall–Kier alpha value is -1.88. The molecule has 5 heteroatoms. The molecule has 0 fully saturated rings. The molecular formula is C14H15BrN2O2. The van der Waals surface area contributed by atoms with Crippen molar-refractivity contribution in [1.82, 2.24) is 0 Å². The molecule has 0 radical (unpaired) electrons. The summed E-state index contributed by atoms with van der Waals surface area (Å²) in [5, 5.41) is 3.25. The molecule has 0 aliphatic carbocycles. The van der Waals surface area contributed by atoms with Gasteiger partial charge in [0.2, 0.25) is 0 Å². The summed E-state index contributed by atoms with van der Waals surface area (Å²) in [6, 6.07) is 11.2. The molecule has 0 unspecified atom stereocenters. The van der Waals surface area contributed by atoms with E-state index in [9.17, 15) is 0 Å². The zero-order valence-electron chi connectivity index (χ0n) is 10.7. The van der Waals surface area contributed by atoms with Gasteiger partial charge in [-0.2, -0.15) is 0 Å². The molecule has 0 atom stereocenters. The van der Waals surface area contributed by atoms with Gasteiger partial charge < -0.3 is 20.5 Å². The van der Waals surface area contributed by atoms with E-state index in [0.29, 0.717) is 5.69 Å². The Morgan fingerprint density at radius 3 is 2.47 bits per heavy atom. The summed E-state index contributed by atoms with van der Waals surface area (Å²) < 4.78 is 11.5. The van der Waals surface area contributed by atoms with E-state index in [2.05, 4.69) is 21.2 Å². The first-order chi connectivity index (χ1) is 9.13. The Balaban J connectivity index is 2.38. The molecule has 3 N–H and O–H groups in total. The Labute approximate surface area is 120 Å². The third-order valence-electron chi connectivity index (χ3n) is 2.69. The third kappa shape index (κ3) is 3.12. The molecule has 0 aliphatic heterocycles. The van der Waals surface area contributed by atoms with Crippen molar-refractivity contribution >= 4 is 33.0 Å². The first-order valence-corrected chi connectivity index (χ1v) is 6.47. The molecule has 0 spiro atoms. The molecule has 0 amide bonds. The van der Waals surface area contributed by atoms with Crippen LogP contribution in [0.4, 0.5) is 17.1 Å². The number of halogens is 1. The van der Waals surface area contributed by atoms with Crippen LogP contribution in [0.2, 0.25) is 0 Å². The van der Waals surface area contributed by atoms with Crippen molar-refractivity contribution in [3.05, 3.63) is 40.9 Å². The maximum atomic E-state index is 5.94. The quantitative estimate of drug-likeness (QED) is 0.841. The number of nitrogens with two attached hydrogens (primary N) is 1. The van der Waals surface area contributed by atoms with Crippen LogP contribution < -0.4 is 20.5 Å². The maximum Gasteiger partial charge on any atom is 0.142 e. The van der Waals surface area contributed by atoms with Crippen molar-refractivity contribution in [2.45, 2.75) is 0 Å². The lowest BCUT2D eigenvalue weighted by Crippen LogP contribution is -1.99. The Bertz CT molecular complexity index is 588. The van der Waals surface area contributed by atoms with Crippen molar-refractivity contribution < 1.29 is 9.47 Å². The number of ether oxygens (including phenoxy) is 2. The van der Waals surface area contributed by atoms with Crippen molar-refractivity contribution in [3.63, 3.8) is 0 Å². The first-order valence-electron chi connectivity index (χ1n) is 5.68. The van der Waals surface area contributed by atoms with Gasteiger partial charge in [-0.1, -0.05) is 15.9 Å². The molecule has 0 saturated heterocycles. The molecule has 2 aromatic rings. The van der Waals surface area contributed by atoms with Crippen molar-refractivity contribution in [3.8, 4) is 11.5 Å². The molecule has 0 bridgehead atoms. The highest BCUT2D eigenvalue weighted by atomic mass is 79.9. The Morgan fingerprint density at radius 2 is 1.79 bits per heavy atom. The van der Waals surface area contributed by atoms with E-state index in [4.69, 9.17) is 15.2 Å². The standard InChI is InChI=1S/C14H15BrN2O2/c1-18-10-4-6-14(19-2)13(8-10)17-12-7-9(15)3-5-11(12)16/h3-8,17H,16H2,1-2H3. The number of hydrogen-bond donors (Lipinski definition) is 2. The lowest BCUT2D eigenvalue weighted by Gasteiger charge is -2.14. The second-order valence-corrected chi connectivity index (χ2v) is 4.84. The molecule has 0 aromatic heterocycles. The lowest BCUT2D eigenvalue weighted by molar-refractivity contribution is 0.405. The average Bonchev–Trinajstić information content (AvgIpc) is 2.42. The van der Waals surface area contributed by atoms with Crippen LogP contribution in [0.5, 0.6) is 11.5 Å². The molecule has 19 heavy (non-hydrogen) atoms. The van der Waals surface area contributed by atoms with Crippen LogP contribution in [0.25, 0.3) is 0 Å². The molecule has 4 nitrogen and oxygen atoms in total. The summed E-state index contributed by atoms with van der Waals surface area (Å²) in [5.41, 5.74) is 8.21. The summed E-state index contributed by atoms with van der Waals surface area (Å²) in [6.45, 7) is 0. The second kappa shape index (κ2) is 5.84. The normalized spacial score (nSPS) is 10.1. The second-order valence-electron chi connectivity index (χ2n) is 3.92. The van der Waals surface area contributed by atoms with E-state index in [1.807, 2.05) is 36.4 Å². The Morgan fingerprint density at radius 1 is 1.00 bits per heavy atom. The molecule has 100 valence electrons. The highest BCUT2D eigenvalue weighted by Crippen LogP contribution is 2.34. The predicted molar refractivity (Wildman–Crippen MR) is 81.4 cm³/mol. The highest BCUT2D eigenvalue weighted by molar-refractivity contribution is 9.10. The highest BCUT2D eigenvalue weighted by Gasteiger charge is 2.07. The summed E-state index contributed by atoms with van der Waals surface area (Å²) in [5.74, 6) is 1.47. The molecule has 2 rings (SSSR count). The van der Waals surface area contributed by atoms with Crippen LogP contribution >= 0.6 is 15.9 Å². The van der Waals surface area contributed by atoms with E-state index in [-0.39, 0.29) is 0 Å². The van der Waals surface area contributed by atoms with Crippen LogP contribution in [-0.2, 0) is 0 Å². The van der Waals surface area contributed by atoms with E-state index in [0.717, 1.165) is 27.3 Å². The fraction of sp³-hybridized carbons (Fsp3) is 0.143. The molecule has 2 aromatic carbocycles. The largest absolute Gasteiger partial charge is 0.497 e. The van der Waals surface area contributed by atoms with Gasteiger partial charge in [-0.15, -0.1) is 0 Å². The summed E-state index contributed by atoms with van der Waals surface area (Å²) in [4.78, 5) is 0. The smallest absolute Gasteiger partial charge is 0.142 e. The van der Waals surface area contributed by atoms with Gasteiger partial charge in [0.1, 0.15) is 11.5 Å². The van der Waals surface area contributed by atoms with Crippen LogP contribution in [0, 0.1) is 0 Å². The minimum atomic E-state index is 0.660. The third-order valence-corrected chi connectivity index (χ3v) is 3.18. The van der Waals surface area contributed by atoms with Crippen LogP contribution in [0.15, 0.2) is 40.9 Å². The SMILES string of the molecule is COc1ccc(OC)c(Nc2cc(Br)ccc2N)c1. The van der Waals surface area contributed by atoms with Crippen LogP contribution in [0.1, 0.15) is 0 Å². The van der Waals surface area contributed by atoms with Crippen LogP contribution in [0.3, 0.4) is 0 Å². The van der Waals surface area contributed by atoms with E-state index >= 15 is 0 Å². The van der Waals surface area contributed by atoms with Gasteiger partial charge in [-0.3, -0.25) is 0 Å². The number of benzene rings is 2. The van der Waals surface area contributed by atoms with Gasteiger partial charge in [0.25, 0.3) is 0 Å². The van der Waals surface area contributed by atoms with E-state index in [1.165, 1.54) is 0 Å².